The summed E-state index contributed by atoms with van der Waals surface area (Å²) in [5.41, 5.74) is 4.53. The van der Waals surface area contributed by atoms with Gasteiger partial charge in [0.15, 0.2) is 0 Å². The van der Waals surface area contributed by atoms with E-state index >= 15 is 0 Å². The first kappa shape index (κ1) is 23.4. The summed E-state index contributed by atoms with van der Waals surface area (Å²) >= 11 is 4.94. The van der Waals surface area contributed by atoms with E-state index in [2.05, 4.69) is 81.7 Å². The number of nitrogens with zero attached hydrogens (tertiary/aromatic N) is 6. The van der Waals surface area contributed by atoms with Crippen molar-refractivity contribution >= 4 is 46.2 Å². The maximum Gasteiger partial charge on any atom is 0.230 e. The Morgan fingerprint density at radius 1 is 1.12 bits per heavy atom. The number of rotatable bonds is 8. The monoisotopic (exact) mass is 466 g/mol. The van der Waals surface area contributed by atoms with Crippen LogP contribution in [0, 0.1) is 6.92 Å². The van der Waals surface area contributed by atoms with Crippen LogP contribution < -0.4 is 15.5 Å². The molecule has 4 rings (SSSR count). The zero-order chi connectivity index (χ0) is 23.6. The maximum atomic E-state index is 4.94. The van der Waals surface area contributed by atoms with E-state index in [1.165, 1.54) is 0 Å². The number of anilines is 3. The van der Waals surface area contributed by atoms with Crippen molar-refractivity contribution in [2.75, 3.05) is 42.9 Å². The van der Waals surface area contributed by atoms with Gasteiger partial charge < -0.3 is 20.1 Å². The number of hydrogen-bond acceptors (Lipinski definition) is 7. The molecule has 9 heteroatoms. The summed E-state index contributed by atoms with van der Waals surface area (Å²) in [7, 11) is 0. The molecule has 4 heterocycles. The molecule has 176 valence electrons. The standard InChI is InChI=1S/C24H34N8S/c1-17(2)30-8-10-31(11-9-30)20-6-7-21(26-14-20)28-23-27-13-19-12-18(3)32(22(19)29-23)24(4,5)15-25-16-33/h6-7,12-14,16-17H,8-11,15H2,1-5H3,(H,25,33)(H,26,27,28,29). The van der Waals surface area contributed by atoms with Crippen molar-refractivity contribution in [3.63, 3.8) is 0 Å². The number of thiocarbonyl (C=S) groups is 1. The number of aromatic nitrogens is 4. The minimum atomic E-state index is -0.202. The fourth-order valence-electron chi connectivity index (χ4n) is 4.57. The highest BCUT2D eigenvalue weighted by Crippen LogP contribution is 2.27. The van der Waals surface area contributed by atoms with Gasteiger partial charge in [0.25, 0.3) is 0 Å². The molecule has 0 aromatic carbocycles. The van der Waals surface area contributed by atoms with Crippen LogP contribution in [0.1, 0.15) is 33.4 Å². The highest BCUT2D eigenvalue weighted by Gasteiger charge is 2.25. The zero-order valence-corrected chi connectivity index (χ0v) is 21.0. The van der Waals surface area contributed by atoms with E-state index in [4.69, 9.17) is 17.2 Å². The van der Waals surface area contributed by atoms with Crippen molar-refractivity contribution in [2.45, 2.75) is 46.2 Å². The highest BCUT2D eigenvalue weighted by molar-refractivity contribution is 7.78. The van der Waals surface area contributed by atoms with Crippen molar-refractivity contribution in [3.05, 3.63) is 36.3 Å². The molecule has 0 saturated carbocycles. The number of pyridine rings is 1. The molecule has 0 unspecified atom stereocenters. The first-order valence-corrected chi connectivity index (χ1v) is 12.0. The van der Waals surface area contributed by atoms with Crippen LogP contribution in [-0.2, 0) is 5.54 Å². The molecule has 0 aliphatic carbocycles. The fraction of sp³-hybridized carbons (Fsp3) is 0.500. The van der Waals surface area contributed by atoms with Gasteiger partial charge in [-0.15, -0.1) is 0 Å². The number of nitrogens with one attached hydrogen (secondary N) is 2. The van der Waals surface area contributed by atoms with Gasteiger partial charge in [0.1, 0.15) is 11.5 Å². The molecule has 2 N–H and O–H groups in total. The molecule has 1 aliphatic rings. The quantitative estimate of drug-likeness (QED) is 0.487. The third-order valence-electron chi connectivity index (χ3n) is 6.35. The highest BCUT2D eigenvalue weighted by atomic mass is 32.1. The maximum absolute atomic E-state index is 4.94. The molecule has 3 aromatic rings. The van der Waals surface area contributed by atoms with Crippen LogP contribution >= 0.6 is 12.2 Å². The van der Waals surface area contributed by atoms with E-state index in [0.717, 1.165) is 54.4 Å². The van der Waals surface area contributed by atoms with E-state index in [-0.39, 0.29) is 5.54 Å². The number of aryl methyl sites for hydroxylation is 1. The van der Waals surface area contributed by atoms with Crippen LogP contribution in [0.4, 0.5) is 17.5 Å². The van der Waals surface area contributed by atoms with Crippen LogP contribution in [0.25, 0.3) is 11.0 Å². The third kappa shape index (κ3) is 5.09. The lowest BCUT2D eigenvalue weighted by molar-refractivity contribution is 0.209. The lowest BCUT2D eigenvalue weighted by atomic mass is 10.1. The molecular formula is C24H34N8S. The molecule has 0 spiro atoms. The van der Waals surface area contributed by atoms with Gasteiger partial charge in [-0.3, -0.25) is 4.90 Å². The smallest absolute Gasteiger partial charge is 0.230 e. The molecule has 0 bridgehead atoms. The first-order chi connectivity index (χ1) is 15.8. The predicted molar refractivity (Wildman–Crippen MR) is 140 cm³/mol. The average molecular weight is 467 g/mol. The van der Waals surface area contributed by atoms with Gasteiger partial charge in [0.2, 0.25) is 5.95 Å². The van der Waals surface area contributed by atoms with Crippen LogP contribution in [-0.4, -0.2) is 68.7 Å². The lowest BCUT2D eigenvalue weighted by Gasteiger charge is -2.38. The van der Waals surface area contributed by atoms with Gasteiger partial charge in [0, 0.05) is 56.0 Å². The normalized spacial score (nSPS) is 15.3. The van der Waals surface area contributed by atoms with Crippen molar-refractivity contribution in [3.8, 4) is 0 Å². The summed E-state index contributed by atoms with van der Waals surface area (Å²) in [5.74, 6) is 1.27. The molecule has 1 saturated heterocycles. The Bertz CT molecular complexity index is 1100. The SMILES string of the molecule is Cc1cc2cnc(Nc3ccc(N4CCN(C(C)C)CC4)cn3)nc2n1C(C)(C)CNC=S. The minimum absolute atomic E-state index is 0.202. The Labute approximate surface area is 201 Å². The van der Waals surface area contributed by atoms with Gasteiger partial charge in [0.05, 0.1) is 22.9 Å². The molecular weight excluding hydrogens is 432 g/mol. The molecule has 1 aliphatic heterocycles. The fourth-order valence-corrected chi connectivity index (χ4v) is 4.66. The van der Waals surface area contributed by atoms with Crippen molar-refractivity contribution in [1.82, 2.24) is 29.7 Å². The Morgan fingerprint density at radius 2 is 1.88 bits per heavy atom. The van der Waals surface area contributed by atoms with Gasteiger partial charge in [-0.05, 0) is 52.8 Å². The zero-order valence-electron chi connectivity index (χ0n) is 20.2. The van der Waals surface area contributed by atoms with Crippen LogP contribution in [0.15, 0.2) is 30.6 Å². The molecule has 3 aromatic heterocycles. The molecule has 33 heavy (non-hydrogen) atoms. The summed E-state index contributed by atoms with van der Waals surface area (Å²) in [5, 5.41) is 7.44. The second-order valence-electron chi connectivity index (χ2n) is 9.55. The molecule has 8 nitrogen and oxygen atoms in total. The molecule has 0 radical (unpaired) electrons. The van der Waals surface area contributed by atoms with E-state index in [9.17, 15) is 0 Å². The van der Waals surface area contributed by atoms with Gasteiger partial charge in [-0.2, -0.15) is 4.98 Å². The molecule has 1 fully saturated rings. The topological polar surface area (TPSA) is 74.1 Å². The lowest BCUT2D eigenvalue weighted by Crippen LogP contribution is -2.48. The second kappa shape index (κ2) is 9.61. The van der Waals surface area contributed by atoms with Crippen LogP contribution in [0.5, 0.6) is 0 Å². The van der Waals surface area contributed by atoms with Crippen molar-refractivity contribution < 1.29 is 0 Å². The van der Waals surface area contributed by atoms with E-state index < -0.39 is 0 Å². The van der Waals surface area contributed by atoms with Crippen LogP contribution in [0.3, 0.4) is 0 Å². The van der Waals surface area contributed by atoms with E-state index in [1.807, 2.05) is 18.5 Å². The largest absolute Gasteiger partial charge is 0.380 e. The summed E-state index contributed by atoms with van der Waals surface area (Å²) < 4.78 is 2.23. The van der Waals surface area contributed by atoms with Gasteiger partial charge in [-0.1, -0.05) is 12.2 Å². The number of hydrogen-bond donors (Lipinski definition) is 2. The second-order valence-corrected chi connectivity index (χ2v) is 9.78. The van der Waals surface area contributed by atoms with Crippen LogP contribution in [0.2, 0.25) is 0 Å². The summed E-state index contributed by atoms with van der Waals surface area (Å²) in [4.78, 5) is 18.9. The molecule has 0 atom stereocenters. The number of fused-ring (bicyclic) bond motifs is 1. The number of piperazine rings is 1. The molecule has 0 amide bonds. The average Bonchev–Trinajstić information content (AvgIpc) is 3.14. The van der Waals surface area contributed by atoms with Crippen molar-refractivity contribution in [1.29, 1.82) is 0 Å². The van der Waals surface area contributed by atoms with Gasteiger partial charge in [-0.25, -0.2) is 9.97 Å². The van der Waals surface area contributed by atoms with Gasteiger partial charge >= 0.3 is 0 Å². The Kier molecular flexibility index (Phi) is 6.81. The third-order valence-corrected chi connectivity index (χ3v) is 6.51. The minimum Gasteiger partial charge on any atom is -0.380 e. The van der Waals surface area contributed by atoms with E-state index in [1.54, 1.807) is 5.49 Å². The van der Waals surface area contributed by atoms with E-state index in [0.29, 0.717) is 18.5 Å². The first-order valence-electron chi connectivity index (χ1n) is 11.5. The Morgan fingerprint density at radius 3 is 2.52 bits per heavy atom. The Balaban J connectivity index is 1.50. The van der Waals surface area contributed by atoms with Crippen molar-refractivity contribution in [2.24, 2.45) is 0 Å². The summed E-state index contributed by atoms with van der Waals surface area (Å²) in [6, 6.07) is 6.83. The predicted octanol–water partition coefficient (Wildman–Crippen LogP) is 3.69. The summed E-state index contributed by atoms with van der Waals surface area (Å²) in [6.45, 7) is 15.9. The summed E-state index contributed by atoms with van der Waals surface area (Å²) in [6.07, 6.45) is 3.79. The Hall–Kier alpha value is -2.78.